The van der Waals surface area contributed by atoms with E-state index in [1.165, 1.54) is 0 Å². The van der Waals surface area contributed by atoms with Crippen molar-refractivity contribution in [1.29, 1.82) is 0 Å². The largest absolute Gasteiger partial charge is 0.367 e. The number of nitrogens with one attached hydrogen (secondary N) is 1. The van der Waals surface area contributed by atoms with Gasteiger partial charge in [-0.15, -0.1) is 0 Å². The molecule has 1 aromatic carbocycles. The highest BCUT2D eigenvalue weighted by Crippen LogP contribution is 2.24. The molecule has 76 valence electrons. The number of hydrogen-bond donors (Lipinski definition) is 1. The van der Waals surface area contributed by atoms with Crippen molar-refractivity contribution < 1.29 is 4.79 Å². The lowest BCUT2D eigenvalue weighted by molar-refractivity contribution is 0.103. The van der Waals surface area contributed by atoms with Crippen molar-refractivity contribution in [1.82, 2.24) is 4.98 Å². The first-order chi connectivity index (χ1) is 7.18. The van der Waals surface area contributed by atoms with Crippen molar-refractivity contribution in [3.05, 3.63) is 57.3 Å². The lowest BCUT2D eigenvalue weighted by Gasteiger charge is -2.00. The summed E-state index contributed by atoms with van der Waals surface area (Å²) in [4.78, 5) is 14.7. The van der Waals surface area contributed by atoms with E-state index in [1.807, 2.05) is 0 Å². The number of hydrogen-bond acceptors (Lipinski definition) is 1. The van der Waals surface area contributed by atoms with Crippen molar-refractivity contribution >= 4 is 33.3 Å². The van der Waals surface area contributed by atoms with Gasteiger partial charge in [-0.1, -0.05) is 11.6 Å². The van der Waals surface area contributed by atoms with Gasteiger partial charge in [0.2, 0.25) is 0 Å². The maximum atomic E-state index is 11.9. The molecule has 1 aromatic heterocycles. The summed E-state index contributed by atoms with van der Waals surface area (Å²) in [6, 6.07) is 6.90. The minimum Gasteiger partial charge on any atom is -0.367 e. The van der Waals surface area contributed by atoms with Crippen LogP contribution in [0.1, 0.15) is 15.9 Å². The summed E-state index contributed by atoms with van der Waals surface area (Å²) in [5.74, 6) is -0.0364. The molecule has 0 fully saturated rings. The van der Waals surface area contributed by atoms with Crippen LogP contribution >= 0.6 is 27.5 Å². The van der Waals surface area contributed by atoms with Crippen LogP contribution in [0.15, 0.2) is 41.1 Å². The van der Waals surface area contributed by atoms with Gasteiger partial charge in [0.15, 0.2) is 5.78 Å². The van der Waals surface area contributed by atoms with Crippen LogP contribution in [0, 0.1) is 0 Å². The fourth-order valence-corrected chi connectivity index (χ4v) is 1.70. The van der Waals surface area contributed by atoms with E-state index in [1.54, 1.807) is 36.7 Å². The Bertz CT molecular complexity index is 493. The lowest BCUT2D eigenvalue weighted by atomic mass is 10.1. The number of aromatic amines is 1. The van der Waals surface area contributed by atoms with Crippen LogP contribution in [0.3, 0.4) is 0 Å². The summed E-state index contributed by atoms with van der Waals surface area (Å²) in [6.45, 7) is 0. The van der Waals surface area contributed by atoms with Gasteiger partial charge in [0.1, 0.15) is 0 Å². The van der Waals surface area contributed by atoms with Crippen LogP contribution in [0.5, 0.6) is 0 Å². The van der Waals surface area contributed by atoms with E-state index in [9.17, 15) is 4.79 Å². The number of aromatic nitrogens is 1. The van der Waals surface area contributed by atoms with Gasteiger partial charge in [-0.3, -0.25) is 4.79 Å². The average molecular weight is 285 g/mol. The van der Waals surface area contributed by atoms with Crippen molar-refractivity contribution in [2.24, 2.45) is 0 Å². The maximum Gasteiger partial charge on any atom is 0.194 e. The molecule has 0 saturated carbocycles. The molecule has 0 aliphatic rings. The third-order valence-electron chi connectivity index (χ3n) is 2.04. The number of carbonyl (C=O) groups is 1. The zero-order valence-corrected chi connectivity index (χ0v) is 9.97. The second-order valence-corrected chi connectivity index (χ2v) is 4.32. The molecule has 0 bridgehead atoms. The molecule has 0 saturated heterocycles. The Morgan fingerprint density at radius 3 is 2.67 bits per heavy atom. The molecular weight excluding hydrogens is 277 g/mol. The zero-order chi connectivity index (χ0) is 10.8. The Kier molecular flexibility index (Phi) is 2.93. The van der Waals surface area contributed by atoms with E-state index in [4.69, 9.17) is 11.6 Å². The third kappa shape index (κ3) is 2.13. The quantitative estimate of drug-likeness (QED) is 0.839. The zero-order valence-electron chi connectivity index (χ0n) is 7.63. The third-order valence-corrected chi connectivity index (χ3v) is 3.27. The van der Waals surface area contributed by atoms with Gasteiger partial charge in [-0.25, -0.2) is 0 Å². The predicted molar refractivity (Wildman–Crippen MR) is 63.4 cm³/mol. The molecule has 0 aliphatic heterocycles. The molecule has 2 rings (SSSR count). The van der Waals surface area contributed by atoms with E-state index < -0.39 is 0 Å². The smallest absolute Gasteiger partial charge is 0.194 e. The van der Waals surface area contributed by atoms with Gasteiger partial charge < -0.3 is 4.98 Å². The van der Waals surface area contributed by atoms with E-state index in [0.29, 0.717) is 16.1 Å². The van der Waals surface area contributed by atoms with Gasteiger partial charge in [0.25, 0.3) is 0 Å². The van der Waals surface area contributed by atoms with Crippen LogP contribution in [0.2, 0.25) is 5.02 Å². The number of rotatable bonds is 2. The van der Waals surface area contributed by atoms with Crippen LogP contribution < -0.4 is 0 Å². The first-order valence-electron chi connectivity index (χ1n) is 4.31. The van der Waals surface area contributed by atoms with Gasteiger partial charge in [0.05, 0.1) is 5.02 Å². The molecule has 4 heteroatoms. The Balaban J connectivity index is 2.39. The predicted octanol–water partition coefficient (Wildman–Crippen LogP) is 3.66. The number of benzene rings is 1. The number of halogens is 2. The lowest BCUT2D eigenvalue weighted by Crippen LogP contribution is -1.99. The molecule has 0 amide bonds. The topological polar surface area (TPSA) is 32.9 Å². The van der Waals surface area contributed by atoms with Crippen molar-refractivity contribution in [2.45, 2.75) is 0 Å². The minimum absolute atomic E-state index is 0.0364. The van der Waals surface area contributed by atoms with Gasteiger partial charge >= 0.3 is 0 Å². The Morgan fingerprint density at radius 2 is 2.07 bits per heavy atom. The molecule has 0 radical (unpaired) electrons. The van der Waals surface area contributed by atoms with Crippen molar-refractivity contribution in [2.75, 3.05) is 0 Å². The van der Waals surface area contributed by atoms with Crippen LogP contribution in [0.4, 0.5) is 0 Å². The minimum atomic E-state index is -0.0364. The summed E-state index contributed by atoms with van der Waals surface area (Å²) >= 11 is 9.19. The number of ketones is 1. The normalized spacial score (nSPS) is 10.3. The Morgan fingerprint density at radius 1 is 1.27 bits per heavy atom. The molecule has 1 N–H and O–H groups in total. The van der Waals surface area contributed by atoms with E-state index in [2.05, 4.69) is 20.9 Å². The summed E-state index contributed by atoms with van der Waals surface area (Å²) in [5, 5.41) is 0.538. The fraction of sp³-hybridized carbons (Fsp3) is 0. The summed E-state index contributed by atoms with van der Waals surface area (Å²) in [5.41, 5.74) is 1.22. The second kappa shape index (κ2) is 4.21. The summed E-state index contributed by atoms with van der Waals surface area (Å²) in [7, 11) is 0. The van der Waals surface area contributed by atoms with E-state index >= 15 is 0 Å². The van der Waals surface area contributed by atoms with Crippen molar-refractivity contribution in [3.63, 3.8) is 0 Å². The van der Waals surface area contributed by atoms with Gasteiger partial charge in [-0.05, 0) is 40.2 Å². The molecule has 0 unspecified atom stereocenters. The molecule has 0 atom stereocenters. The highest BCUT2D eigenvalue weighted by Gasteiger charge is 2.10. The fourth-order valence-electron chi connectivity index (χ4n) is 1.27. The van der Waals surface area contributed by atoms with Crippen LogP contribution in [-0.2, 0) is 0 Å². The molecule has 15 heavy (non-hydrogen) atoms. The first-order valence-corrected chi connectivity index (χ1v) is 5.48. The monoisotopic (exact) mass is 283 g/mol. The Hall–Kier alpha value is -1.06. The molecule has 0 aliphatic carbocycles. The maximum absolute atomic E-state index is 11.9. The highest BCUT2D eigenvalue weighted by atomic mass is 79.9. The van der Waals surface area contributed by atoms with Crippen molar-refractivity contribution in [3.8, 4) is 0 Å². The molecule has 1 heterocycles. The Labute approximate surface area is 100 Å². The highest BCUT2D eigenvalue weighted by molar-refractivity contribution is 9.10. The van der Waals surface area contributed by atoms with Crippen LogP contribution in [-0.4, -0.2) is 10.8 Å². The molecule has 2 aromatic rings. The molecule has 0 spiro atoms. The van der Waals surface area contributed by atoms with E-state index in [-0.39, 0.29) is 5.78 Å². The second-order valence-electron chi connectivity index (χ2n) is 3.06. The average Bonchev–Trinajstić information content (AvgIpc) is 2.74. The SMILES string of the molecule is O=C(c1cc[nH]c1)c1ccc(Br)c(Cl)c1. The van der Waals surface area contributed by atoms with E-state index in [0.717, 1.165) is 4.47 Å². The number of H-pyrrole nitrogens is 1. The summed E-state index contributed by atoms with van der Waals surface area (Å²) in [6.07, 6.45) is 3.38. The van der Waals surface area contributed by atoms with Crippen LogP contribution in [0.25, 0.3) is 0 Å². The molecule has 2 nitrogen and oxygen atoms in total. The first kappa shape index (κ1) is 10.5. The number of carbonyl (C=O) groups excluding carboxylic acids is 1. The summed E-state index contributed by atoms with van der Waals surface area (Å²) < 4.78 is 0.787. The standard InChI is InChI=1S/C11H7BrClNO/c12-9-2-1-7(5-10(9)13)11(15)8-3-4-14-6-8/h1-6,14H. The van der Waals surface area contributed by atoms with Gasteiger partial charge in [-0.2, -0.15) is 0 Å². The molecular formula is C11H7BrClNO. The van der Waals surface area contributed by atoms with Gasteiger partial charge in [0, 0.05) is 28.0 Å².